The molecule has 0 saturated carbocycles. The summed E-state index contributed by atoms with van der Waals surface area (Å²) in [6.45, 7) is 0. The van der Waals surface area contributed by atoms with Crippen LogP contribution >= 0.6 is 0 Å². The predicted octanol–water partition coefficient (Wildman–Crippen LogP) is 0.362. The number of benzene rings is 1. The maximum absolute atomic E-state index is 13.3. The van der Waals surface area contributed by atoms with Gasteiger partial charge in [-0.3, -0.25) is 0 Å². The molecule has 1 aromatic rings. The summed E-state index contributed by atoms with van der Waals surface area (Å²) >= 11 is 0. The van der Waals surface area contributed by atoms with Crippen molar-refractivity contribution in [3.63, 3.8) is 0 Å². The molecule has 1 aromatic carbocycles. The molecule has 0 atom stereocenters. The van der Waals surface area contributed by atoms with Crippen molar-refractivity contribution in [1.82, 2.24) is 5.01 Å². The minimum Gasteiger partial charge on any atom is -0.317 e. The van der Waals surface area contributed by atoms with E-state index in [0.717, 1.165) is 6.07 Å². The molecule has 1 rings (SSSR count). The normalized spacial score (nSPS) is 11.8. The van der Waals surface area contributed by atoms with Crippen molar-refractivity contribution >= 4 is 15.7 Å². The highest BCUT2D eigenvalue weighted by atomic mass is 32.2. The zero-order chi connectivity index (χ0) is 11.6. The molecule has 0 aliphatic heterocycles. The quantitative estimate of drug-likeness (QED) is 0.739. The van der Waals surface area contributed by atoms with E-state index in [2.05, 4.69) is 5.43 Å². The third kappa shape index (κ3) is 3.15. The first-order chi connectivity index (χ1) is 6.80. The summed E-state index contributed by atoms with van der Waals surface area (Å²) in [5.41, 5.74) is 2.86. The Morgan fingerprint density at radius 1 is 1.40 bits per heavy atom. The van der Waals surface area contributed by atoms with Crippen LogP contribution in [0, 0.1) is 5.82 Å². The lowest BCUT2D eigenvalue weighted by Gasteiger charge is -2.14. The van der Waals surface area contributed by atoms with Gasteiger partial charge in [-0.05, 0) is 18.2 Å². The van der Waals surface area contributed by atoms with Crippen LogP contribution in [0.2, 0.25) is 0 Å². The van der Waals surface area contributed by atoms with Crippen LogP contribution in [0.1, 0.15) is 0 Å². The number of hydrogen-bond acceptors (Lipinski definition) is 4. The van der Waals surface area contributed by atoms with Crippen LogP contribution in [0.15, 0.2) is 23.1 Å². The second-order valence-corrected chi connectivity index (χ2v) is 4.75. The number of sulfonamides is 1. The van der Waals surface area contributed by atoms with E-state index in [0.29, 0.717) is 0 Å². The third-order valence-electron chi connectivity index (χ3n) is 1.61. The fourth-order valence-corrected chi connectivity index (χ4v) is 1.53. The molecule has 0 heterocycles. The minimum absolute atomic E-state index is 0.187. The summed E-state index contributed by atoms with van der Waals surface area (Å²) in [7, 11) is -0.477. The van der Waals surface area contributed by atoms with Crippen LogP contribution in [0.4, 0.5) is 10.1 Å². The molecule has 0 spiro atoms. The number of nitrogens with one attached hydrogen (secondary N) is 1. The zero-order valence-electron chi connectivity index (χ0n) is 8.36. The highest BCUT2D eigenvalue weighted by molar-refractivity contribution is 7.89. The highest BCUT2D eigenvalue weighted by Crippen LogP contribution is 2.17. The van der Waals surface area contributed by atoms with Gasteiger partial charge in [0.15, 0.2) is 0 Å². The number of nitrogens with two attached hydrogens (primary N) is 1. The predicted molar refractivity (Wildman–Crippen MR) is 55.1 cm³/mol. The molecule has 0 saturated heterocycles. The second kappa shape index (κ2) is 4.13. The Kier molecular flexibility index (Phi) is 3.28. The SMILES string of the molecule is CN(C)Nc1ccc(S(N)(=O)=O)cc1F. The lowest BCUT2D eigenvalue weighted by molar-refractivity contribution is 0.487. The number of halogens is 1. The van der Waals surface area contributed by atoms with E-state index >= 15 is 0 Å². The van der Waals surface area contributed by atoms with Crippen LogP contribution in [0.25, 0.3) is 0 Å². The summed E-state index contributed by atoms with van der Waals surface area (Å²) in [5.74, 6) is -0.671. The average Bonchev–Trinajstić information content (AvgIpc) is 2.05. The van der Waals surface area contributed by atoms with Crippen molar-refractivity contribution in [2.45, 2.75) is 4.90 Å². The lowest BCUT2D eigenvalue weighted by Crippen LogP contribution is -2.20. The van der Waals surface area contributed by atoms with Crippen LogP contribution in [0.5, 0.6) is 0 Å². The fraction of sp³-hybridized carbons (Fsp3) is 0.250. The Morgan fingerprint density at radius 3 is 2.40 bits per heavy atom. The molecule has 0 aromatic heterocycles. The van der Waals surface area contributed by atoms with Crippen molar-refractivity contribution in [3.8, 4) is 0 Å². The van der Waals surface area contributed by atoms with Gasteiger partial charge in [0.1, 0.15) is 5.82 Å². The Morgan fingerprint density at radius 2 is 2.00 bits per heavy atom. The number of rotatable bonds is 3. The van der Waals surface area contributed by atoms with Gasteiger partial charge in [-0.25, -0.2) is 23.0 Å². The summed E-state index contributed by atoms with van der Waals surface area (Å²) in [5, 5.41) is 6.39. The monoisotopic (exact) mass is 233 g/mol. The molecule has 0 radical (unpaired) electrons. The van der Waals surface area contributed by atoms with Crippen molar-refractivity contribution in [2.24, 2.45) is 5.14 Å². The van der Waals surface area contributed by atoms with E-state index in [-0.39, 0.29) is 10.6 Å². The van der Waals surface area contributed by atoms with E-state index in [1.165, 1.54) is 17.1 Å². The lowest BCUT2D eigenvalue weighted by atomic mass is 10.3. The summed E-state index contributed by atoms with van der Waals surface area (Å²) in [6.07, 6.45) is 0. The van der Waals surface area contributed by atoms with E-state index < -0.39 is 15.8 Å². The van der Waals surface area contributed by atoms with Gasteiger partial charge in [0.25, 0.3) is 0 Å². The van der Waals surface area contributed by atoms with Gasteiger partial charge in [-0.1, -0.05) is 0 Å². The molecule has 0 fully saturated rings. The number of nitrogens with zero attached hydrogens (tertiary/aromatic N) is 1. The molecule has 5 nitrogen and oxygen atoms in total. The van der Waals surface area contributed by atoms with Crippen LogP contribution in [-0.4, -0.2) is 27.5 Å². The number of hydrogen-bond donors (Lipinski definition) is 2. The Bertz CT molecular complexity index is 459. The molecule has 3 N–H and O–H groups in total. The van der Waals surface area contributed by atoms with Gasteiger partial charge < -0.3 is 5.43 Å². The standard InChI is InChI=1S/C8H12FN3O2S/c1-12(2)11-8-4-3-6(5-7(8)9)15(10,13)14/h3-5,11H,1-2H3,(H2,10,13,14). The van der Waals surface area contributed by atoms with E-state index in [4.69, 9.17) is 5.14 Å². The van der Waals surface area contributed by atoms with Crippen LogP contribution < -0.4 is 10.6 Å². The van der Waals surface area contributed by atoms with Gasteiger partial charge >= 0.3 is 0 Å². The van der Waals surface area contributed by atoms with E-state index in [9.17, 15) is 12.8 Å². The fourth-order valence-electron chi connectivity index (χ4n) is 1.00. The van der Waals surface area contributed by atoms with Gasteiger partial charge in [0.05, 0.1) is 10.6 Å². The molecular weight excluding hydrogens is 221 g/mol. The van der Waals surface area contributed by atoms with Gasteiger partial charge in [0.2, 0.25) is 10.0 Å². The van der Waals surface area contributed by atoms with Crippen LogP contribution in [0.3, 0.4) is 0 Å². The minimum atomic E-state index is -3.85. The third-order valence-corrected chi connectivity index (χ3v) is 2.52. The second-order valence-electron chi connectivity index (χ2n) is 3.19. The average molecular weight is 233 g/mol. The molecule has 0 amide bonds. The Balaban J connectivity index is 3.09. The zero-order valence-corrected chi connectivity index (χ0v) is 9.18. The first-order valence-electron chi connectivity index (χ1n) is 4.07. The van der Waals surface area contributed by atoms with Crippen molar-refractivity contribution in [1.29, 1.82) is 0 Å². The Labute approximate surface area is 87.7 Å². The molecule has 7 heteroatoms. The van der Waals surface area contributed by atoms with Crippen LogP contribution in [-0.2, 0) is 10.0 Å². The van der Waals surface area contributed by atoms with Crippen molar-refractivity contribution < 1.29 is 12.8 Å². The first kappa shape index (κ1) is 11.9. The molecule has 0 aliphatic carbocycles. The summed E-state index contributed by atoms with van der Waals surface area (Å²) in [6, 6.07) is 3.43. The maximum atomic E-state index is 13.3. The van der Waals surface area contributed by atoms with E-state index in [1.807, 2.05) is 0 Å². The van der Waals surface area contributed by atoms with Gasteiger partial charge in [0, 0.05) is 14.1 Å². The van der Waals surface area contributed by atoms with Crippen molar-refractivity contribution in [2.75, 3.05) is 19.5 Å². The van der Waals surface area contributed by atoms with E-state index in [1.54, 1.807) is 14.1 Å². The smallest absolute Gasteiger partial charge is 0.238 e. The largest absolute Gasteiger partial charge is 0.317 e. The molecule has 15 heavy (non-hydrogen) atoms. The van der Waals surface area contributed by atoms with Gasteiger partial charge in [-0.15, -0.1) is 0 Å². The summed E-state index contributed by atoms with van der Waals surface area (Å²) in [4.78, 5) is -0.246. The first-order valence-corrected chi connectivity index (χ1v) is 5.61. The molecule has 0 unspecified atom stereocenters. The molecule has 0 aliphatic rings. The molecule has 84 valence electrons. The highest BCUT2D eigenvalue weighted by Gasteiger charge is 2.11. The number of hydrazine groups is 1. The number of anilines is 1. The van der Waals surface area contributed by atoms with Crippen molar-refractivity contribution in [3.05, 3.63) is 24.0 Å². The summed E-state index contributed by atoms with van der Waals surface area (Å²) < 4.78 is 35.1. The molecular formula is C8H12FN3O2S. The topological polar surface area (TPSA) is 75.4 Å². The maximum Gasteiger partial charge on any atom is 0.238 e. The Hall–Kier alpha value is -1.18. The molecule has 0 bridgehead atoms. The number of primary sulfonamides is 1. The van der Waals surface area contributed by atoms with Gasteiger partial charge in [-0.2, -0.15) is 0 Å².